The summed E-state index contributed by atoms with van der Waals surface area (Å²) in [6, 6.07) is 0. The lowest BCUT2D eigenvalue weighted by molar-refractivity contribution is -0.157. The number of aliphatic carboxylic acids is 1. The van der Waals surface area contributed by atoms with E-state index in [2.05, 4.69) is 6.08 Å². The van der Waals surface area contributed by atoms with Gasteiger partial charge in [-0.05, 0) is 51.9 Å². The van der Waals surface area contributed by atoms with Gasteiger partial charge in [-0.1, -0.05) is 19.1 Å². The van der Waals surface area contributed by atoms with Gasteiger partial charge >= 0.3 is 5.97 Å². The molecule has 0 aromatic rings. The molecule has 2 N–H and O–H groups in total. The van der Waals surface area contributed by atoms with Crippen molar-refractivity contribution in [1.29, 1.82) is 0 Å². The van der Waals surface area contributed by atoms with Crippen molar-refractivity contribution in [2.75, 3.05) is 0 Å². The second kappa shape index (κ2) is 5.21. The van der Waals surface area contributed by atoms with Gasteiger partial charge in [-0.15, -0.1) is 0 Å². The zero-order chi connectivity index (χ0) is 13.1. The summed E-state index contributed by atoms with van der Waals surface area (Å²) in [5, 5.41) is 19.6. The Morgan fingerprint density at radius 3 is 2.47 bits per heavy atom. The standard InChI is InChI=1S/C14H24O3/c1-4-14(12(15)16,10-13(2,3)17)11-8-6-5-7-9-11/h6,8,11,17H,4-5,7,9-10H2,1-3H3,(H,15,16). The Bertz CT molecular complexity index is 301. The molecule has 17 heavy (non-hydrogen) atoms. The van der Waals surface area contributed by atoms with Crippen LogP contribution in [0.3, 0.4) is 0 Å². The van der Waals surface area contributed by atoms with Crippen molar-refractivity contribution in [1.82, 2.24) is 0 Å². The van der Waals surface area contributed by atoms with Crippen molar-refractivity contribution in [3.63, 3.8) is 0 Å². The Morgan fingerprint density at radius 1 is 1.47 bits per heavy atom. The summed E-state index contributed by atoms with van der Waals surface area (Å²) < 4.78 is 0. The van der Waals surface area contributed by atoms with E-state index in [1.165, 1.54) is 0 Å². The van der Waals surface area contributed by atoms with Gasteiger partial charge in [0.1, 0.15) is 0 Å². The van der Waals surface area contributed by atoms with Crippen LogP contribution in [-0.4, -0.2) is 21.8 Å². The highest BCUT2D eigenvalue weighted by molar-refractivity contribution is 5.75. The van der Waals surface area contributed by atoms with Gasteiger partial charge in [0.05, 0.1) is 11.0 Å². The second-order valence-corrected chi connectivity index (χ2v) is 5.77. The molecule has 0 aromatic heterocycles. The van der Waals surface area contributed by atoms with Crippen molar-refractivity contribution in [3.05, 3.63) is 12.2 Å². The molecule has 98 valence electrons. The summed E-state index contributed by atoms with van der Waals surface area (Å²) in [7, 11) is 0. The summed E-state index contributed by atoms with van der Waals surface area (Å²) in [4.78, 5) is 11.7. The largest absolute Gasteiger partial charge is 0.481 e. The maximum atomic E-state index is 11.7. The van der Waals surface area contributed by atoms with Crippen LogP contribution < -0.4 is 0 Å². The highest BCUT2D eigenvalue weighted by Crippen LogP contribution is 2.44. The lowest BCUT2D eigenvalue weighted by atomic mass is 9.65. The Balaban J connectivity index is 3.03. The van der Waals surface area contributed by atoms with Crippen LogP contribution in [0.25, 0.3) is 0 Å². The van der Waals surface area contributed by atoms with Gasteiger partial charge in [0.25, 0.3) is 0 Å². The van der Waals surface area contributed by atoms with Crippen molar-refractivity contribution in [2.24, 2.45) is 11.3 Å². The molecule has 3 heteroatoms. The monoisotopic (exact) mass is 240 g/mol. The summed E-state index contributed by atoms with van der Waals surface area (Å²) in [5.41, 5.74) is -1.77. The van der Waals surface area contributed by atoms with E-state index in [4.69, 9.17) is 0 Å². The average molecular weight is 240 g/mol. The van der Waals surface area contributed by atoms with Gasteiger partial charge in [0, 0.05) is 0 Å². The molecule has 0 spiro atoms. The first-order valence-corrected chi connectivity index (χ1v) is 6.44. The topological polar surface area (TPSA) is 57.5 Å². The zero-order valence-electron chi connectivity index (χ0n) is 11.1. The van der Waals surface area contributed by atoms with Gasteiger partial charge < -0.3 is 10.2 Å². The van der Waals surface area contributed by atoms with Crippen LogP contribution in [-0.2, 0) is 4.79 Å². The first kappa shape index (κ1) is 14.2. The third kappa shape index (κ3) is 3.32. The van der Waals surface area contributed by atoms with Gasteiger partial charge in [0.2, 0.25) is 0 Å². The van der Waals surface area contributed by atoms with E-state index in [1.54, 1.807) is 13.8 Å². The predicted octanol–water partition coefficient (Wildman–Crippen LogP) is 2.98. The third-order valence-electron chi connectivity index (χ3n) is 3.77. The van der Waals surface area contributed by atoms with E-state index in [-0.39, 0.29) is 5.92 Å². The zero-order valence-corrected chi connectivity index (χ0v) is 11.1. The fourth-order valence-corrected chi connectivity index (χ4v) is 2.95. The molecule has 0 aromatic carbocycles. The van der Waals surface area contributed by atoms with Crippen LogP contribution in [0.1, 0.15) is 52.9 Å². The normalized spacial score (nSPS) is 24.4. The fourth-order valence-electron chi connectivity index (χ4n) is 2.95. The molecule has 2 unspecified atom stereocenters. The first-order valence-electron chi connectivity index (χ1n) is 6.44. The molecule has 0 saturated heterocycles. The van der Waals surface area contributed by atoms with Crippen LogP contribution in [0.2, 0.25) is 0 Å². The molecule has 3 nitrogen and oxygen atoms in total. The average Bonchev–Trinajstić information content (AvgIpc) is 2.25. The molecule has 1 aliphatic carbocycles. The third-order valence-corrected chi connectivity index (χ3v) is 3.77. The molecule has 1 aliphatic rings. The molecule has 1 rings (SSSR count). The lowest BCUT2D eigenvalue weighted by Gasteiger charge is -2.40. The minimum Gasteiger partial charge on any atom is -0.481 e. The molecule has 0 radical (unpaired) electrons. The van der Waals surface area contributed by atoms with Crippen molar-refractivity contribution >= 4 is 5.97 Å². The molecule has 0 aliphatic heterocycles. The van der Waals surface area contributed by atoms with Crippen molar-refractivity contribution in [3.8, 4) is 0 Å². The van der Waals surface area contributed by atoms with E-state index < -0.39 is 17.0 Å². The van der Waals surface area contributed by atoms with E-state index in [1.807, 2.05) is 13.0 Å². The van der Waals surface area contributed by atoms with E-state index in [0.717, 1.165) is 19.3 Å². The number of carboxylic acid groups (broad SMARTS) is 1. The van der Waals surface area contributed by atoms with Crippen LogP contribution in [0.15, 0.2) is 12.2 Å². The molecule has 0 amide bonds. The van der Waals surface area contributed by atoms with Crippen LogP contribution in [0, 0.1) is 11.3 Å². The van der Waals surface area contributed by atoms with Gasteiger partial charge in [-0.2, -0.15) is 0 Å². The number of aliphatic hydroxyl groups is 1. The molecule has 0 saturated carbocycles. The number of rotatable bonds is 5. The van der Waals surface area contributed by atoms with Crippen LogP contribution in [0.5, 0.6) is 0 Å². The molecule has 0 bridgehead atoms. The first-order chi connectivity index (χ1) is 7.82. The molecular formula is C14H24O3. The van der Waals surface area contributed by atoms with E-state index >= 15 is 0 Å². The minimum absolute atomic E-state index is 0.0465. The SMILES string of the molecule is CCC(CC(C)(C)O)(C(=O)O)C1C=CCCC1. The fraction of sp³-hybridized carbons (Fsp3) is 0.786. The number of carboxylic acids is 1. The Hall–Kier alpha value is -0.830. The predicted molar refractivity (Wildman–Crippen MR) is 67.8 cm³/mol. The van der Waals surface area contributed by atoms with Crippen LogP contribution in [0.4, 0.5) is 0 Å². The van der Waals surface area contributed by atoms with Gasteiger partial charge in [-0.25, -0.2) is 0 Å². The van der Waals surface area contributed by atoms with Crippen molar-refractivity contribution in [2.45, 2.75) is 58.5 Å². The maximum absolute atomic E-state index is 11.7. The van der Waals surface area contributed by atoms with E-state index in [0.29, 0.717) is 12.8 Å². The van der Waals surface area contributed by atoms with Crippen molar-refractivity contribution < 1.29 is 15.0 Å². The Morgan fingerprint density at radius 2 is 2.12 bits per heavy atom. The highest BCUT2D eigenvalue weighted by Gasteiger charge is 2.46. The number of hydrogen-bond acceptors (Lipinski definition) is 2. The minimum atomic E-state index is -0.945. The quantitative estimate of drug-likeness (QED) is 0.726. The van der Waals surface area contributed by atoms with Gasteiger partial charge in [0.15, 0.2) is 0 Å². The number of hydrogen-bond donors (Lipinski definition) is 2. The number of allylic oxidation sites excluding steroid dienone is 2. The molecular weight excluding hydrogens is 216 g/mol. The summed E-state index contributed by atoms with van der Waals surface area (Å²) in [6.45, 7) is 5.28. The van der Waals surface area contributed by atoms with Gasteiger partial charge in [-0.3, -0.25) is 4.79 Å². The number of carbonyl (C=O) groups is 1. The lowest BCUT2D eigenvalue weighted by Crippen LogP contribution is -2.43. The molecule has 0 heterocycles. The summed E-state index contributed by atoms with van der Waals surface area (Å²) >= 11 is 0. The van der Waals surface area contributed by atoms with E-state index in [9.17, 15) is 15.0 Å². The Labute approximate surface area is 104 Å². The molecule has 2 atom stereocenters. The second-order valence-electron chi connectivity index (χ2n) is 5.77. The highest BCUT2D eigenvalue weighted by atomic mass is 16.4. The Kier molecular flexibility index (Phi) is 4.36. The molecule has 0 fully saturated rings. The maximum Gasteiger partial charge on any atom is 0.310 e. The summed E-state index contributed by atoms with van der Waals surface area (Å²) in [6.07, 6.45) is 7.97. The summed E-state index contributed by atoms with van der Waals surface area (Å²) in [5.74, 6) is -0.733. The van der Waals surface area contributed by atoms with Crippen LogP contribution >= 0.6 is 0 Å². The smallest absolute Gasteiger partial charge is 0.310 e.